The molecule has 0 radical (unpaired) electrons. The molecule has 0 aliphatic heterocycles. The normalized spacial score (nSPS) is 11.0. The number of amides is 1. The van der Waals surface area contributed by atoms with Crippen molar-refractivity contribution >= 4 is 46.1 Å². The van der Waals surface area contributed by atoms with E-state index in [-0.39, 0.29) is 11.7 Å². The summed E-state index contributed by atoms with van der Waals surface area (Å²) in [5.41, 5.74) is 2.16. The van der Waals surface area contributed by atoms with Crippen LogP contribution >= 0.6 is 23.1 Å². The fourth-order valence-corrected chi connectivity index (χ4v) is 3.52. The van der Waals surface area contributed by atoms with Gasteiger partial charge in [0.05, 0.1) is 22.0 Å². The molecule has 0 aliphatic carbocycles. The predicted molar refractivity (Wildman–Crippen MR) is 114 cm³/mol. The van der Waals surface area contributed by atoms with Crippen LogP contribution < -0.4 is 5.32 Å². The van der Waals surface area contributed by atoms with Crippen molar-refractivity contribution in [2.45, 2.75) is 5.22 Å². The predicted octanol–water partition coefficient (Wildman–Crippen LogP) is 5.94. The van der Waals surface area contributed by atoms with Crippen LogP contribution in [0.5, 0.6) is 0 Å². The van der Waals surface area contributed by atoms with E-state index >= 15 is 0 Å². The second-order valence-corrected chi connectivity index (χ2v) is 7.64. The van der Waals surface area contributed by atoms with Crippen LogP contribution in [0.1, 0.15) is 0 Å². The third kappa shape index (κ3) is 5.37. The van der Waals surface area contributed by atoms with Crippen LogP contribution in [-0.2, 0) is 4.79 Å². The molecular weight excluding hydrogens is 406 g/mol. The van der Waals surface area contributed by atoms with Crippen molar-refractivity contribution in [1.82, 2.24) is 10.2 Å². The van der Waals surface area contributed by atoms with E-state index in [0.717, 1.165) is 10.6 Å². The molecule has 0 unspecified atom stereocenters. The van der Waals surface area contributed by atoms with Gasteiger partial charge >= 0.3 is 0 Å². The van der Waals surface area contributed by atoms with Crippen molar-refractivity contribution in [3.63, 3.8) is 0 Å². The highest BCUT2D eigenvalue weighted by molar-refractivity contribution is 7.99. The number of azo groups is 1. The van der Waals surface area contributed by atoms with Crippen LogP contribution in [0.15, 0.2) is 92.0 Å². The molecule has 4 rings (SSSR count). The molecule has 2 aromatic carbocycles. The number of anilines is 1. The van der Waals surface area contributed by atoms with Crippen molar-refractivity contribution in [3.8, 4) is 10.8 Å². The van der Waals surface area contributed by atoms with Crippen molar-refractivity contribution in [1.29, 1.82) is 0 Å². The van der Waals surface area contributed by atoms with E-state index in [1.54, 1.807) is 24.3 Å². The first-order valence-corrected chi connectivity index (χ1v) is 10.5. The van der Waals surface area contributed by atoms with Crippen molar-refractivity contribution in [3.05, 3.63) is 72.1 Å². The van der Waals surface area contributed by atoms with Gasteiger partial charge in [0.2, 0.25) is 5.91 Å². The highest BCUT2D eigenvalue weighted by Gasteiger charge is 2.12. The molecule has 0 bridgehead atoms. The highest BCUT2D eigenvalue weighted by atomic mass is 32.2. The molecule has 1 amide bonds. The van der Waals surface area contributed by atoms with Gasteiger partial charge in [0.25, 0.3) is 11.1 Å². The molecule has 0 aliphatic rings. The number of nitrogens with zero attached hydrogens (tertiary/aromatic N) is 4. The number of aromatic nitrogens is 2. The molecule has 2 aromatic heterocycles. The molecule has 0 saturated heterocycles. The molecule has 2 heterocycles. The van der Waals surface area contributed by atoms with Gasteiger partial charge in [0.15, 0.2) is 0 Å². The first-order chi connectivity index (χ1) is 14.3. The third-order valence-corrected chi connectivity index (χ3v) is 5.33. The Hall–Kier alpha value is -3.30. The minimum Gasteiger partial charge on any atom is -0.410 e. The Labute approximate surface area is 174 Å². The smallest absolute Gasteiger partial charge is 0.277 e. The third-order valence-electron chi connectivity index (χ3n) is 3.65. The van der Waals surface area contributed by atoms with Gasteiger partial charge in [-0.25, -0.2) is 0 Å². The number of benzene rings is 2. The summed E-state index contributed by atoms with van der Waals surface area (Å²) in [7, 11) is 0. The summed E-state index contributed by atoms with van der Waals surface area (Å²) in [5, 5.41) is 21.4. The van der Waals surface area contributed by atoms with E-state index < -0.39 is 0 Å². The first-order valence-electron chi connectivity index (χ1n) is 8.63. The van der Waals surface area contributed by atoms with Crippen LogP contribution in [0.3, 0.4) is 0 Å². The number of hydrogen-bond acceptors (Lipinski definition) is 8. The van der Waals surface area contributed by atoms with Gasteiger partial charge in [0, 0.05) is 5.69 Å². The van der Waals surface area contributed by atoms with Gasteiger partial charge in [0.1, 0.15) is 0 Å². The molecule has 0 atom stereocenters. The Balaban J connectivity index is 1.28. The van der Waals surface area contributed by atoms with Gasteiger partial charge in [-0.1, -0.05) is 36.0 Å². The van der Waals surface area contributed by atoms with Crippen LogP contribution in [0.4, 0.5) is 17.1 Å². The van der Waals surface area contributed by atoms with Gasteiger partial charge in [-0.05, 0) is 47.8 Å². The van der Waals surface area contributed by atoms with Crippen LogP contribution in [0.2, 0.25) is 0 Å². The maximum Gasteiger partial charge on any atom is 0.277 e. The summed E-state index contributed by atoms with van der Waals surface area (Å²) < 4.78 is 5.56. The van der Waals surface area contributed by atoms with E-state index in [0.29, 0.717) is 22.5 Å². The fourth-order valence-electron chi connectivity index (χ4n) is 2.31. The Kier molecular flexibility index (Phi) is 6.08. The van der Waals surface area contributed by atoms with E-state index in [1.807, 2.05) is 47.8 Å². The lowest BCUT2D eigenvalue weighted by atomic mass is 10.3. The molecule has 1 N–H and O–H groups in total. The molecule has 7 nitrogen and oxygen atoms in total. The molecule has 9 heteroatoms. The number of hydrogen-bond donors (Lipinski definition) is 1. The Morgan fingerprint density at radius 1 is 0.966 bits per heavy atom. The average Bonchev–Trinajstić information content (AvgIpc) is 3.44. The zero-order valence-corrected chi connectivity index (χ0v) is 16.7. The fraction of sp³-hybridized carbons (Fsp3) is 0.0500. The van der Waals surface area contributed by atoms with Crippen molar-refractivity contribution < 1.29 is 9.21 Å². The zero-order valence-electron chi connectivity index (χ0n) is 15.1. The maximum atomic E-state index is 12.2. The van der Waals surface area contributed by atoms with Crippen LogP contribution in [-0.4, -0.2) is 21.9 Å². The summed E-state index contributed by atoms with van der Waals surface area (Å²) in [6.45, 7) is 0. The number of carbonyl (C=O) groups excluding carboxylic acids is 1. The molecule has 4 aromatic rings. The number of carbonyl (C=O) groups is 1. The van der Waals surface area contributed by atoms with E-state index in [2.05, 4.69) is 25.7 Å². The SMILES string of the molecule is O=C(CSc1nnc(-c2cccs2)o1)Nc1ccc(N=Nc2ccccc2)cc1. The van der Waals surface area contributed by atoms with Gasteiger partial charge in [-0.2, -0.15) is 10.2 Å². The number of rotatable bonds is 7. The Morgan fingerprint density at radius 3 is 2.45 bits per heavy atom. The number of nitrogens with one attached hydrogen (secondary N) is 1. The lowest BCUT2D eigenvalue weighted by Crippen LogP contribution is -2.13. The topological polar surface area (TPSA) is 92.7 Å². The molecule has 0 saturated carbocycles. The standard InChI is InChI=1S/C20H15N5O2S2/c26-18(13-29-20-25-24-19(27-20)17-7-4-12-28-17)21-14-8-10-16(11-9-14)23-22-15-5-2-1-3-6-15/h1-12H,13H2,(H,21,26). The highest BCUT2D eigenvalue weighted by Crippen LogP contribution is 2.26. The van der Waals surface area contributed by atoms with Gasteiger partial charge < -0.3 is 9.73 Å². The van der Waals surface area contributed by atoms with Gasteiger partial charge in [-0.3, -0.25) is 4.79 Å². The monoisotopic (exact) mass is 421 g/mol. The summed E-state index contributed by atoms with van der Waals surface area (Å²) in [6.07, 6.45) is 0. The van der Waals surface area contributed by atoms with Gasteiger partial charge in [-0.15, -0.1) is 21.5 Å². The lowest BCUT2D eigenvalue weighted by Gasteiger charge is -2.04. The summed E-state index contributed by atoms with van der Waals surface area (Å²) in [4.78, 5) is 13.1. The summed E-state index contributed by atoms with van der Waals surface area (Å²) in [5.74, 6) is 0.467. The average molecular weight is 422 g/mol. The lowest BCUT2D eigenvalue weighted by molar-refractivity contribution is -0.113. The van der Waals surface area contributed by atoms with E-state index in [4.69, 9.17) is 4.42 Å². The number of thiophene rings is 1. The first kappa shape index (κ1) is 19.0. The largest absolute Gasteiger partial charge is 0.410 e. The summed E-state index contributed by atoms with van der Waals surface area (Å²) in [6, 6.07) is 20.5. The second-order valence-electron chi connectivity index (χ2n) is 5.77. The molecule has 0 spiro atoms. The van der Waals surface area contributed by atoms with Crippen molar-refractivity contribution in [2.24, 2.45) is 10.2 Å². The Morgan fingerprint density at radius 2 is 1.72 bits per heavy atom. The minimum atomic E-state index is -0.162. The van der Waals surface area contributed by atoms with E-state index in [9.17, 15) is 4.79 Å². The minimum absolute atomic E-state index is 0.162. The quantitative estimate of drug-likeness (QED) is 0.294. The van der Waals surface area contributed by atoms with E-state index in [1.165, 1.54) is 23.1 Å². The molecular formula is C20H15N5O2S2. The van der Waals surface area contributed by atoms with Crippen molar-refractivity contribution in [2.75, 3.05) is 11.1 Å². The molecule has 29 heavy (non-hydrogen) atoms. The van der Waals surface area contributed by atoms with Crippen LogP contribution in [0.25, 0.3) is 10.8 Å². The molecule has 0 fully saturated rings. The van der Waals surface area contributed by atoms with Crippen LogP contribution in [0, 0.1) is 0 Å². The zero-order chi connectivity index (χ0) is 19.9. The molecule has 144 valence electrons. The Bertz CT molecular complexity index is 1090. The number of thioether (sulfide) groups is 1. The second kappa shape index (κ2) is 9.26. The maximum absolute atomic E-state index is 12.2. The summed E-state index contributed by atoms with van der Waals surface area (Å²) >= 11 is 2.71.